The van der Waals surface area contributed by atoms with Crippen molar-refractivity contribution in [1.82, 2.24) is 10.6 Å². The molecule has 1 heterocycles. The first-order valence-electron chi connectivity index (χ1n) is 17.7. The van der Waals surface area contributed by atoms with Crippen LogP contribution in [0.25, 0.3) is 11.1 Å². The van der Waals surface area contributed by atoms with Crippen molar-refractivity contribution >= 4 is 23.5 Å². The fraction of sp³-hybridized carbons (Fsp3) is 0.357. The lowest BCUT2D eigenvalue weighted by atomic mass is 9.93. The third kappa shape index (κ3) is 9.64. The summed E-state index contributed by atoms with van der Waals surface area (Å²) in [5.74, 6) is 1.15. The molecule has 1 amide bonds. The lowest BCUT2D eigenvalue weighted by molar-refractivity contribution is -0.143. The number of nitrogens with one attached hydrogen (secondary N) is 2. The van der Waals surface area contributed by atoms with Gasteiger partial charge in [-0.25, -0.2) is 0 Å². The van der Waals surface area contributed by atoms with E-state index >= 15 is 0 Å². The van der Waals surface area contributed by atoms with Gasteiger partial charge in [-0.1, -0.05) is 55.3 Å². The smallest absolute Gasteiger partial charge is 0.322 e. The molecule has 0 fully saturated rings. The molecule has 52 heavy (non-hydrogen) atoms. The van der Waals surface area contributed by atoms with Crippen LogP contribution in [0.4, 0.5) is 0 Å². The van der Waals surface area contributed by atoms with E-state index in [9.17, 15) is 14.9 Å². The third-order valence-electron chi connectivity index (χ3n) is 9.28. The molecule has 0 unspecified atom stereocenters. The van der Waals surface area contributed by atoms with Gasteiger partial charge < -0.3 is 29.6 Å². The number of rotatable bonds is 9. The second-order valence-corrected chi connectivity index (χ2v) is 13.3. The molecule has 4 aromatic carbocycles. The van der Waals surface area contributed by atoms with E-state index in [4.69, 9.17) is 30.5 Å². The van der Waals surface area contributed by atoms with Crippen molar-refractivity contribution in [3.63, 3.8) is 0 Å². The standard InChI is InChI=1S/C42H46ClN3O6/c1-5-6-17-50-38-15-10-13-35(28(38)3)34-12-9-11-31(27(34)2)26-52-40-22-39-33(21-36(40)43)24-46-37(42(48)49-4)14-7-8-16-45-41(47)32-19-29(23-44)18-30(20-32)25-51-39/h9-13,15,18-22,37,46H,5-8,14,16-17,24-26H2,1-4H3,(H,45,47)/t37-/m0/s1. The number of fused-ring (bicyclic) bond motifs is 3. The number of nitrogens with zero attached hydrogens (tertiary/aromatic N) is 1. The van der Waals surface area contributed by atoms with Gasteiger partial charge in [0.05, 0.1) is 30.4 Å². The van der Waals surface area contributed by atoms with Crippen LogP contribution in [0.1, 0.15) is 82.8 Å². The average Bonchev–Trinajstić information content (AvgIpc) is 3.15. The van der Waals surface area contributed by atoms with Crippen molar-refractivity contribution in [3.05, 3.63) is 111 Å². The molecule has 0 saturated heterocycles. The number of ether oxygens (including phenoxy) is 4. The predicted molar refractivity (Wildman–Crippen MR) is 202 cm³/mol. The maximum Gasteiger partial charge on any atom is 0.322 e. The molecule has 2 N–H and O–H groups in total. The van der Waals surface area contributed by atoms with E-state index in [1.807, 2.05) is 24.3 Å². The minimum absolute atomic E-state index is 0.0754. The van der Waals surface area contributed by atoms with Crippen LogP contribution in [0.5, 0.6) is 17.2 Å². The molecule has 272 valence electrons. The summed E-state index contributed by atoms with van der Waals surface area (Å²) in [4.78, 5) is 25.6. The normalized spacial score (nSPS) is 15.0. The van der Waals surface area contributed by atoms with Crippen LogP contribution in [0.15, 0.2) is 66.7 Å². The molecule has 0 radical (unpaired) electrons. The van der Waals surface area contributed by atoms with E-state index in [1.54, 1.807) is 30.3 Å². The first-order valence-corrected chi connectivity index (χ1v) is 18.1. The number of hydrogen-bond donors (Lipinski definition) is 2. The van der Waals surface area contributed by atoms with Gasteiger partial charge in [-0.3, -0.25) is 9.59 Å². The molecule has 5 rings (SSSR count). The second kappa shape index (κ2) is 18.5. The zero-order chi connectivity index (χ0) is 37.0. The van der Waals surface area contributed by atoms with Gasteiger partial charge in [0.1, 0.15) is 36.5 Å². The molecule has 0 spiro atoms. The van der Waals surface area contributed by atoms with Gasteiger partial charge in [-0.2, -0.15) is 5.26 Å². The Labute approximate surface area is 311 Å². The Morgan fingerprint density at radius 3 is 2.56 bits per heavy atom. The Morgan fingerprint density at radius 1 is 1.00 bits per heavy atom. The molecule has 1 aliphatic rings. The van der Waals surface area contributed by atoms with E-state index in [0.29, 0.717) is 71.2 Å². The van der Waals surface area contributed by atoms with Crippen LogP contribution < -0.4 is 24.8 Å². The molecule has 0 aliphatic carbocycles. The summed E-state index contributed by atoms with van der Waals surface area (Å²) in [6.07, 6.45) is 3.93. The number of carbonyl (C=O) groups excluding carboxylic acids is 2. The summed E-state index contributed by atoms with van der Waals surface area (Å²) in [6.45, 7) is 8.05. The summed E-state index contributed by atoms with van der Waals surface area (Å²) >= 11 is 6.84. The molecule has 0 aromatic heterocycles. The lowest BCUT2D eigenvalue weighted by Crippen LogP contribution is -2.37. The summed E-state index contributed by atoms with van der Waals surface area (Å²) in [7, 11) is 1.36. The van der Waals surface area contributed by atoms with Gasteiger partial charge in [0.25, 0.3) is 5.91 Å². The molecule has 0 saturated carbocycles. The van der Waals surface area contributed by atoms with Crippen molar-refractivity contribution in [3.8, 4) is 34.4 Å². The Bertz CT molecular complexity index is 1940. The first-order chi connectivity index (χ1) is 25.2. The van der Waals surface area contributed by atoms with E-state index in [0.717, 1.165) is 46.4 Å². The number of benzene rings is 4. The number of carbonyl (C=O) groups is 2. The largest absolute Gasteiger partial charge is 0.493 e. The van der Waals surface area contributed by atoms with E-state index in [-0.39, 0.29) is 31.6 Å². The summed E-state index contributed by atoms with van der Waals surface area (Å²) < 4.78 is 23.9. The molecular formula is C42H46ClN3O6. The topological polar surface area (TPSA) is 119 Å². The van der Waals surface area contributed by atoms with Crippen molar-refractivity contribution in [2.24, 2.45) is 0 Å². The quantitative estimate of drug-likeness (QED) is 0.131. The molecule has 10 heteroatoms. The van der Waals surface area contributed by atoms with Gasteiger partial charge >= 0.3 is 5.97 Å². The highest BCUT2D eigenvalue weighted by atomic mass is 35.5. The van der Waals surface area contributed by atoms with E-state index in [2.05, 4.69) is 49.6 Å². The number of hydrogen-bond acceptors (Lipinski definition) is 8. The first kappa shape index (κ1) is 38.2. The Kier molecular flexibility index (Phi) is 13.6. The van der Waals surface area contributed by atoms with Gasteiger partial charge in [-0.15, -0.1) is 0 Å². The predicted octanol–water partition coefficient (Wildman–Crippen LogP) is 8.38. The summed E-state index contributed by atoms with van der Waals surface area (Å²) in [6, 6.07) is 22.4. The minimum Gasteiger partial charge on any atom is -0.493 e. The molecular weight excluding hydrogens is 678 g/mol. The monoisotopic (exact) mass is 723 g/mol. The fourth-order valence-corrected chi connectivity index (χ4v) is 6.46. The van der Waals surface area contributed by atoms with Crippen LogP contribution in [0.3, 0.4) is 0 Å². The number of methoxy groups -OCH3 is 1. The van der Waals surface area contributed by atoms with Crippen molar-refractivity contribution in [1.29, 1.82) is 5.26 Å². The van der Waals surface area contributed by atoms with Gasteiger partial charge in [0.2, 0.25) is 0 Å². The Balaban J connectivity index is 1.43. The highest BCUT2D eigenvalue weighted by Crippen LogP contribution is 2.36. The number of esters is 1. The van der Waals surface area contributed by atoms with E-state index in [1.165, 1.54) is 7.11 Å². The lowest BCUT2D eigenvalue weighted by Gasteiger charge is -2.20. The van der Waals surface area contributed by atoms with Crippen LogP contribution in [-0.4, -0.2) is 38.2 Å². The van der Waals surface area contributed by atoms with Gasteiger partial charge in [-0.05, 0) is 103 Å². The highest BCUT2D eigenvalue weighted by Gasteiger charge is 2.21. The average molecular weight is 724 g/mol. The maximum absolute atomic E-state index is 12.9. The van der Waals surface area contributed by atoms with E-state index < -0.39 is 6.04 Å². The number of halogens is 1. The van der Waals surface area contributed by atoms with Crippen LogP contribution in [0.2, 0.25) is 5.02 Å². The van der Waals surface area contributed by atoms with Crippen molar-refractivity contribution in [2.45, 2.75) is 78.7 Å². The van der Waals surface area contributed by atoms with Gasteiger partial charge in [0.15, 0.2) is 0 Å². The van der Waals surface area contributed by atoms with Crippen LogP contribution in [0, 0.1) is 25.2 Å². The van der Waals surface area contributed by atoms with Crippen LogP contribution in [-0.2, 0) is 29.3 Å². The fourth-order valence-electron chi connectivity index (χ4n) is 6.22. The number of nitriles is 1. The second-order valence-electron chi connectivity index (χ2n) is 12.9. The Hall–Kier alpha value is -5.04. The minimum atomic E-state index is -0.565. The molecule has 2 bridgehead atoms. The molecule has 4 aromatic rings. The van der Waals surface area contributed by atoms with Crippen molar-refractivity contribution in [2.75, 3.05) is 20.3 Å². The molecule has 9 nitrogen and oxygen atoms in total. The van der Waals surface area contributed by atoms with Crippen LogP contribution >= 0.6 is 11.6 Å². The maximum atomic E-state index is 12.9. The zero-order valence-electron chi connectivity index (χ0n) is 30.3. The number of unbranched alkanes of at least 4 members (excludes halogenated alkanes) is 1. The highest BCUT2D eigenvalue weighted by molar-refractivity contribution is 6.32. The summed E-state index contributed by atoms with van der Waals surface area (Å²) in [5, 5.41) is 16.3. The third-order valence-corrected chi connectivity index (χ3v) is 9.58. The number of amides is 1. The Morgan fingerprint density at radius 2 is 1.79 bits per heavy atom. The SMILES string of the molecule is CCCCOc1cccc(-c2cccc(COc3cc4c(cc3Cl)CN[C@H](C(=O)OC)CCCCNC(=O)c3cc(C#N)cc(c3)CO4)c2C)c1C. The molecule has 1 aliphatic heterocycles. The van der Waals surface area contributed by atoms with Crippen molar-refractivity contribution < 1.29 is 28.5 Å². The zero-order valence-corrected chi connectivity index (χ0v) is 31.0. The molecule has 1 atom stereocenters. The van der Waals surface area contributed by atoms with Gasteiger partial charge in [0, 0.05) is 30.3 Å². The summed E-state index contributed by atoms with van der Waals surface area (Å²) in [5.41, 5.74) is 7.49.